The van der Waals surface area contributed by atoms with Crippen LogP contribution in [0.3, 0.4) is 0 Å². The van der Waals surface area contributed by atoms with Crippen LogP contribution < -0.4 is 5.56 Å². The highest BCUT2D eigenvalue weighted by molar-refractivity contribution is 5.90. The lowest BCUT2D eigenvalue weighted by atomic mass is 9.85. The molecule has 4 heterocycles. The highest BCUT2D eigenvalue weighted by Crippen LogP contribution is 2.43. The molecule has 0 bridgehead atoms. The van der Waals surface area contributed by atoms with Crippen LogP contribution in [0.4, 0.5) is 26.3 Å². The van der Waals surface area contributed by atoms with E-state index in [0.717, 1.165) is 4.57 Å². The number of hydrogen-bond acceptors (Lipinski definition) is 8. The summed E-state index contributed by atoms with van der Waals surface area (Å²) in [7, 11) is 0. The molecule has 0 fully saturated rings. The molecule has 2 aromatic heterocycles. The van der Waals surface area contributed by atoms with Crippen molar-refractivity contribution in [3.05, 3.63) is 62.9 Å². The number of carbonyl (C=O) groups is 3. The topological polar surface area (TPSA) is 114 Å². The first kappa shape index (κ1) is 27.1. The van der Waals surface area contributed by atoms with E-state index in [4.69, 9.17) is 4.74 Å². The van der Waals surface area contributed by atoms with Crippen LogP contribution in [-0.2, 0) is 54.0 Å². The molecule has 0 unspecified atom stereocenters. The molecule has 0 spiro atoms. The van der Waals surface area contributed by atoms with Crippen molar-refractivity contribution in [3.63, 3.8) is 0 Å². The van der Waals surface area contributed by atoms with Gasteiger partial charge in [-0.3, -0.25) is 4.79 Å². The number of aromatic nitrogens is 2. The Balaban J connectivity index is 1.70. The van der Waals surface area contributed by atoms with Crippen molar-refractivity contribution in [1.29, 1.82) is 0 Å². The van der Waals surface area contributed by atoms with Crippen LogP contribution in [0.15, 0.2) is 35.1 Å². The van der Waals surface area contributed by atoms with Gasteiger partial charge in [-0.05, 0) is 18.6 Å². The Morgan fingerprint density at radius 1 is 1.05 bits per heavy atom. The van der Waals surface area contributed by atoms with Crippen LogP contribution in [0.1, 0.15) is 35.6 Å². The van der Waals surface area contributed by atoms with Crippen molar-refractivity contribution >= 4 is 28.8 Å². The summed E-state index contributed by atoms with van der Waals surface area (Å²) in [4.78, 5) is 54.0. The van der Waals surface area contributed by atoms with Crippen molar-refractivity contribution in [2.45, 2.75) is 51.1 Å². The molecule has 0 aliphatic carbocycles. The van der Waals surface area contributed by atoms with Crippen molar-refractivity contribution < 1.29 is 54.9 Å². The average molecular weight is 570 g/mol. The fourth-order valence-electron chi connectivity index (χ4n) is 4.87. The van der Waals surface area contributed by atoms with Crippen LogP contribution >= 0.6 is 0 Å². The molecule has 5 rings (SSSR count). The van der Waals surface area contributed by atoms with Crippen LogP contribution in [0.5, 0.6) is 0 Å². The molecule has 1 aromatic carbocycles. The molecule has 0 saturated heterocycles. The summed E-state index contributed by atoms with van der Waals surface area (Å²) in [6.07, 6.45) is -11.2. The second-order valence-electron chi connectivity index (χ2n) is 8.97. The molecule has 0 saturated carbocycles. The number of rotatable bonds is 4. The van der Waals surface area contributed by atoms with Gasteiger partial charge in [0.15, 0.2) is 0 Å². The SMILES string of the molecule is CC[C@@]1(OC(=O)C(F)(F)F)C(=O)OCc2c1cc1n(c2=O)Cc2c-1nc1ccccc1c2COC(=O)C(F)(F)F. The van der Waals surface area contributed by atoms with Gasteiger partial charge in [0.25, 0.3) is 5.56 Å². The van der Waals surface area contributed by atoms with Crippen molar-refractivity contribution in [3.8, 4) is 11.4 Å². The Hall–Kier alpha value is -4.43. The van der Waals surface area contributed by atoms with Crippen molar-refractivity contribution in [2.75, 3.05) is 0 Å². The van der Waals surface area contributed by atoms with E-state index in [2.05, 4.69) is 14.5 Å². The van der Waals surface area contributed by atoms with E-state index < -0.39 is 61.1 Å². The normalized spacial score (nSPS) is 18.0. The number of cyclic esters (lactones) is 1. The van der Waals surface area contributed by atoms with Crippen molar-refractivity contribution in [1.82, 2.24) is 9.55 Å². The lowest BCUT2D eigenvalue weighted by Crippen LogP contribution is -2.49. The van der Waals surface area contributed by atoms with E-state index in [-0.39, 0.29) is 45.7 Å². The first-order chi connectivity index (χ1) is 18.7. The minimum Gasteiger partial charge on any atom is -0.457 e. The predicted molar refractivity (Wildman–Crippen MR) is 120 cm³/mol. The zero-order valence-electron chi connectivity index (χ0n) is 20.2. The summed E-state index contributed by atoms with van der Waals surface area (Å²) in [5.41, 5.74) is -3.32. The Morgan fingerprint density at radius 3 is 2.38 bits per heavy atom. The third kappa shape index (κ3) is 4.16. The van der Waals surface area contributed by atoms with Gasteiger partial charge in [0.1, 0.15) is 13.2 Å². The summed E-state index contributed by atoms with van der Waals surface area (Å²) >= 11 is 0. The highest BCUT2D eigenvalue weighted by atomic mass is 19.4. The lowest BCUT2D eigenvalue weighted by molar-refractivity contribution is -0.223. The Morgan fingerprint density at radius 2 is 1.73 bits per heavy atom. The number of hydrogen-bond donors (Lipinski definition) is 0. The summed E-state index contributed by atoms with van der Waals surface area (Å²) in [5.74, 6) is -6.41. The summed E-state index contributed by atoms with van der Waals surface area (Å²) in [5, 5.41) is 0.336. The average Bonchev–Trinajstić information content (AvgIpc) is 3.25. The van der Waals surface area contributed by atoms with E-state index in [1.54, 1.807) is 12.1 Å². The third-order valence-electron chi connectivity index (χ3n) is 6.76. The monoisotopic (exact) mass is 570 g/mol. The fraction of sp³-hybridized carbons (Fsp3) is 0.320. The molecular formula is C25H16F6N2O7. The number of pyridine rings is 2. The second-order valence-corrected chi connectivity index (χ2v) is 8.97. The lowest BCUT2D eigenvalue weighted by Gasteiger charge is -2.35. The van der Waals surface area contributed by atoms with Crippen LogP contribution in [0, 0.1) is 0 Å². The predicted octanol–water partition coefficient (Wildman–Crippen LogP) is 3.80. The number of para-hydroxylation sites is 1. The standard InChI is InChI=1S/C25H16F6N2O7/c1-2-23(40-22(37)25(29,30)31)15-7-17-18-12(8-33(17)19(34)14(15)10-38-20(23)35)13(9-39-21(36)24(26,27)28)11-5-3-4-6-16(11)32-18/h3-7H,2,8-10H2,1H3/t23-/m0/s1. The van der Waals surface area contributed by atoms with E-state index in [1.165, 1.54) is 25.1 Å². The molecule has 210 valence electrons. The number of nitrogens with zero attached hydrogens (tertiary/aromatic N) is 2. The van der Waals surface area contributed by atoms with Gasteiger partial charge in [-0.2, -0.15) is 26.3 Å². The number of fused-ring (bicyclic) bond motifs is 5. The first-order valence-electron chi connectivity index (χ1n) is 11.6. The molecule has 0 radical (unpaired) electrons. The van der Waals surface area contributed by atoms with Crippen molar-refractivity contribution in [2.24, 2.45) is 0 Å². The van der Waals surface area contributed by atoms with Gasteiger partial charge in [0.2, 0.25) is 5.60 Å². The maximum absolute atomic E-state index is 13.5. The molecule has 3 aromatic rings. The second kappa shape index (κ2) is 9.06. The molecule has 2 aliphatic rings. The number of carbonyl (C=O) groups excluding carboxylic acids is 3. The number of ether oxygens (including phenoxy) is 3. The van der Waals surface area contributed by atoms with Crippen LogP contribution in [0.25, 0.3) is 22.3 Å². The Kier molecular flexibility index (Phi) is 6.15. The van der Waals surface area contributed by atoms with E-state index in [0.29, 0.717) is 5.39 Å². The maximum Gasteiger partial charge on any atom is 0.490 e. The third-order valence-corrected chi connectivity index (χ3v) is 6.76. The summed E-state index contributed by atoms with van der Waals surface area (Å²) in [6, 6.07) is 7.39. The van der Waals surface area contributed by atoms with Crippen LogP contribution in [-0.4, -0.2) is 39.8 Å². The molecule has 1 atom stereocenters. The van der Waals surface area contributed by atoms with E-state index in [9.17, 15) is 45.5 Å². The molecule has 15 heteroatoms. The quantitative estimate of drug-likeness (QED) is 0.207. The van der Waals surface area contributed by atoms with E-state index >= 15 is 0 Å². The van der Waals surface area contributed by atoms with Gasteiger partial charge in [-0.1, -0.05) is 25.1 Å². The molecule has 9 nitrogen and oxygen atoms in total. The number of halogens is 6. The summed E-state index contributed by atoms with van der Waals surface area (Å²) in [6.45, 7) is -0.434. The largest absolute Gasteiger partial charge is 0.490 e. The highest BCUT2D eigenvalue weighted by Gasteiger charge is 2.54. The molecule has 0 amide bonds. The smallest absolute Gasteiger partial charge is 0.457 e. The van der Waals surface area contributed by atoms with Crippen LogP contribution in [0.2, 0.25) is 0 Å². The number of esters is 3. The van der Waals surface area contributed by atoms with Gasteiger partial charge in [0.05, 0.1) is 29.0 Å². The maximum atomic E-state index is 13.5. The van der Waals surface area contributed by atoms with Gasteiger partial charge in [0, 0.05) is 22.1 Å². The minimum atomic E-state index is -5.46. The van der Waals surface area contributed by atoms with Gasteiger partial charge >= 0.3 is 30.3 Å². The zero-order valence-corrected chi connectivity index (χ0v) is 20.2. The molecular weight excluding hydrogens is 554 g/mol. The van der Waals surface area contributed by atoms with E-state index in [1.807, 2.05) is 0 Å². The van der Waals surface area contributed by atoms with Gasteiger partial charge in [-0.15, -0.1) is 0 Å². The molecule has 40 heavy (non-hydrogen) atoms. The Bertz CT molecular complexity index is 1660. The Labute approximate surface area is 219 Å². The fourth-order valence-corrected chi connectivity index (χ4v) is 4.87. The number of alkyl halides is 6. The first-order valence-corrected chi connectivity index (χ1v) is 11.6. The van der Waals surface area contributed by atoms with Gasteiger partial charge in [-0.25, -0.2) is 19.4 Å². The summed E-state index contributed by atoms with van der Waals surface area (Å²) < 4.78 is 92.9. The van der Waals surface area contributed by atoms with Gasteiger partial charge < -0.3 is 18.8 Å². The molecule has 0 N–H and O–H groups in total. The minimum absolute atomic E-state index is 0.00323. The number of benzene rings is 1. The molecule has 2 aliphatic heterocycles. The zero-order chi connectivity index (χ0) is 29.2.